The summed E-state index contributed by atoms with van der Waals surface area (Å²) < 4.78 is 320. The zero-order valence-electron chi connectivity index (χ0n) is 60.4. The van der Waals surface area contributed by atoms with Gasteiger partial charge in [-0.3, -0.25) is 55.9 Å². The molecule has 124 heavy (non-hydrogen) atoms. The Morgan fingerprint density at radius 1 is 0.339 bits per heavy atom. The molecule has 0 radical (unpaired) electrons. The van der Waals surface area contributed by atoms with Crippen molar-refractivity contribution in [2.24, 2.45) is 50.7 Å². The van der Waals surface area contributed by atoms with Gasteiger partial charge in [0.15, 0.2) is 11.5 Å². The van der Waals surface area contributed by atoms with Crippen molar-refractivity contribution in [2.75, 3.05) is 16.4 Å². The second-order valence-corrected chi connectivity index (χ2v) is 38.4. The Morgan fingerprint density at radius 3 is 1.05 bits per heavy atom. The fourth-order valence-corrected chi connectivity index (χ4v) is 17.0. The van der Waals surface area contributed by atoms with Crippen molar-refractivity contribution >= 4 is 233 Å². The molecule has 0 amide bonds. The highest BCUT2D eigenvalue weighted by atomic mass is 35.5. The van der Waals surface area contributed by atoms with Crippen molar-refractivity contribution in [3.63, 3.8) is 0 Å². The zero-order chi connectivity index (χ0) is 91.0. The number of aromatic amines is 4. The van der Waals surface area contributed by atoms with Crippen LogP contribution < -0.4 is 38.8 Å². The summed E-state index contributed by atoms with van der Waals surface area (Å²) in [6, 6.07) is 16.2. The molecule has 648 valence electrons. The van der Waals surface area contributed by atoms with Gasteiger partial charge in [-0.15, -0.1) is 30.7 Å². The van der Waals surface area contributed by atoms with E-state index in [1.54, 1.807) is 0 Å². The highest BCUT2D eigenvalue weighted by Gasteiger charge is 2.32. The Labute approximate surface area is 707 Å². The molecule has 0 saturated heterocycles. The predicted molar refractivity (Wildman–Crippen MR) is 426 cm³/mol. The van der Waals surface area contributed by atoms with E-state index in [2.05, 4.69) is 106 Å². The lowest BCUT2D eigenvalue weighted by molar-refractivity contribution is 0.471. The number of nitrogens with one attached hydrogen (secondary N) is 6. The molecular weight excluding hydrogens is 1900 g/mol. The largest absolute Gasteiger partial charge is 0.505 e. The van der Waals surface area contributed by atoms with Gasteiger partial charge < -0.3 is 31.6 Å². The number of anilines is 5. The summed E-state index contributed by atoms with van der Waals surface area (Å²) >= 11 is 18.7. The Kier molecular flexibility index (Phi) is 24.4. The molecule has 9 aromatic carbocycles. The number of hydrogen-bond acceptors (Lipinski definition) is 38. The Bertz CT molecular complexity index is 8230. The van der Waals surface area contributed by atoms with Crippen molar-refractivity contribution in [3.8, 4) is 11.5 Å². The van der Waals surface area contributed by atoms with Crippen molar-refractivity contribution in [2.45, 2.75) is 57.9 Å². The number of nitrogen functional groups attached to an aromatic ring is 1. The summed E-state index contributed by atoms with van der Waals surface area (Å²) in [5.41, 5.74) is -4.68. The van der Waals surface area contributed by atoms with Gasteiger partial charge in [-0.2, -0.15) is 101 Å². The van der Waals surface area contributed by atoms with Crippen molar-refractivity contribution in [3.05, 3.63) is 171 Å². The van der Waals surface area contributed by atoms with E-state index in [0.717, 1.165) is 54.6 Å². The predicted octanol–water partition coefficient (Wildman–Crippen LogP) is 8.73. The van der Waals surface area contributed by atoms with Crippen LogP contribution in [0, 0.1) is 13.8 Å². The van der Waals surface area contributed by atoms with Crippen LogP contribution in [0.2, 0.25) is 15.9 Å². The summed E-state index contributed by atoms with van der Waals surface area (Å²) in [5, 5.41) is 46.9. The molecule has 0 saturated carbocycles. The van der Waals surface area contributed by atoms with E-state index in [9.17, 15) is 127 Å². The topological polar surface area (TPSA) is 831 Å². The van der Waals surface area contributed by atoms with Crippen LogP contribution in [0.15, 0.2) is 216 Å². The van der Waals surface area contributed by atoms with Crippen LogP contribution in [0.25, 0.3) is 21.5 Å². The average Bonchev–Trinajstić information content (AvgIpc) is 0.732. The average molecular weight is 1950 g/mol. The molecule has 0 bridgehead atoms. The Balaban J connectivity index is 0.931. The van der Waals surface area contributed by atoms with Crippen LogP contribution >= 0.6 is 34.8 Å². The summed E-state index contributed by atoms with van der Waals surface area (Å²) in [5.74, 6) is -3.26. The fraction of sp³-hybridized carbons (Fsp3) is 0.0328. The maximum absolute atomic E-state index is 13.2. The third-order valence-corrected chi connectivity index (χ3v) is 24.7. The molecule has 0 aliphatic carbocycles. The molecule has 19 N–H and O–H groups in total. The Hall–Kier alpha value is -12.4. The van der Waals surface area contributed by atoms with Crippen molar-refractivity contribution < 1.29 is 127 Å². The van der Waals surface area contributed by atoms with Gasteiger partial charge in [-0.25, -0.2) is 20.0 Å². The number of halogens is 3. The van der Waals surface area contributed by atoms with Gasteiger partial charge in [0.05, 0.1) is 53.9 Å². The number of aromatic nitrogens is 9. The maximum atomic E-state index is 13.2. The third kappa shape index (κ3) is 20.7. The molecule has 0 aliphatic heterocycles. The summed E-state index contributed by atoms with van der Waals surface area (Å²) in [6.45, 7) is 2.92. The number of phenols is 2. The quantitative estimate of drug-likeness (QED) is 0.0162. The van der Waals surface area contributed by atoms with E-state index >= 15 is 0 Å². The van der Waals surface area contributed by atoms with Crippen LogP contribution in [0.5, 0.6) is 11.5 Å². The number of benzene rings is 9. The first kappa shape index (κ1) is 90.8. The number of azo groups is 3. The number of phenolic OH excluding ortho intramolecular Hbond substituents is 2. The number of hydrogen-bond donors (Lipinski definition) is 18. The highest BCUT2D eigenvalue weighted by Crippen LogP contribution is 2.50. The molecule has 51 nitrogen and oxygen atoms in total. The van der Waals surface area contributed by atoms with Crippen LogP contribution in [0.1, 0.15) is 11.1 Å². The molecule has 0 atom stereocenters. The van der Waals surface area contributed by atoms with Crippen molar-refractivity contribution in [1.29, 1.82) is 0 Å². The lowest BCUT2D eigenvalue weighted by Crippen LogP contribution is -2.26. The first-order valence-electron chi connectivity index (χ1n) is 32.3. The molecule has 0 aliphatic rings. The smallest absolute Gasteiger partial charge is 0.296 e. The molecule has 12 rings (SSSR count). The highest BCUT2D eigenvalue weighted by molar-refractivity contribution is 7.88. The van der Waals surface area contributed by atoms with E-state index < -0.39 is 258 Å². The van der Waals surface area contributed by atoms with Gasteiger partial charge in [-0.05, 0) is 192 Å². The monoisotopic (exact) mass is 1940 g/mol. The van der Waals surface area contributed by atoms with E-state index in [0.29, 0.717) is 54.6 Å². The lowest BCUT2D eigenvalue weighted by Gasteiger charge is -2.14. The third-order valence-electron chi connectivity index (χ3n) is 16.3. The number of nitrogens with two attached hydrogens (primary N) is 1. The SMILES string of the molecule is Cc1cc(S(=O)(=O)O)ccc1Nc1nc(Cl)nc(=Nc2ccc(S(=O)(=O)O)c(N=Nc3c(S(=O)(=O)O)cc4cc(S(=O)(=O)O)cc(N=c5[nH]c(Cl)nc(=Nc6ccc(S(=O)(=O)O)c(N=Nc7c(S(=O)(=O)O)cc8cc(S(=O)(=O)O)c(N=Nc9cc(N=c%10nc(Cl)nc(Nc%11ccc(S(=O)(=O)O)cc%11C)[nH]%10)ccc9S(=O)(=O)O)c(O)c8c7N)c6)[nH]5)c4c3O)c2)[nH]1. The number of aromatic hydroxyl groups is 2. The van der Waals surface area contributed by atoms with Gasteiger partial charge >= 0.3 is 0 Å². The lowest BCUT2D eigenvalue weighted by atomic mass is 10.1. The van der Waals surface area contributed by atoms with Crippen LogP contribution in [-0.2, 0) is 91.1 Å². The van der Waals surface area contributed by atoms with Gasteiger partial charge in [-0.1, -0.05) is 0 Å². The molecule has 0 unspecified atom stereocenters. The molecule has 12 aromatic rings. The second-order valence-electron chi connectivity index (χ2n) is 24.8. The minimum absolute atomic E-state index is 0.190. The Morgan fingerprint density at radius 2 is 0.685 bits per heavy atom. The summed E-state index contributed by atoms with van der Waals surface area (Å²) in [6.07, 6.45) is 0. The molecule has 0 spiro atoms. The normalized spacial score (nSPS) is 13.7. The molecule has 3 heterocycles. The molecular formula is C61H45Cl3N22O29S9. The number of H-pyrrole nitrogens is 4. The summed E-state index contributed by atoms with van der Waals surface area (Å²) in [7, 11) is -47.9. The van der Waals surface area contributed by atoms with Gasteiger partial charge in [0, 0.05) is 11.4 Å². The standard InChI is InChI=1S/C61H45Cl3N22O29S9/c1-23-13-30(116(89,90)91)6-8-33(23)69-59-75-53(62)72-56(78-59)66-28-4-11-40(120(101,102)103)36(20-28)82-85-49-43(123(110,111)112)16-25-15-32(118(95,96)97)22-38(45(25)51(49)87)71-61-77-55(64)74-58(80-61)68-27-3-10-39(119(98,99)100)35(19-27)81-84-48-42(122(107,108)109)17-26-18-44(124(113,114)115)50(52(88)46(26)47(48)65)86-83-37-21-29(5-12-41(37)121(104,105)106)67-57-73-54(63)76-60(79-57)70-34-9-7-31(14-24(34)2)117(92,93)94/h3-22,87-88H,65H2,1-2H3,(H,89,90,91)(H,92,93,94)(H,95,96,97)(H,98,99,100)(H,101,102,103)(H,104,105,106)(H,107,108,109)(H,110,111,112)(H,113,114,115)(H2,66,69,72,75,78)(H2,67,70,73,76,79)(H2,68,71,74,77,80). The minimum atomic E-state index is -5.71. The van der Waals surface area contributed by atoms with Crippen LogP contribution in [-0.4, -0.2) is 172 Å². The van der Waals surface area contributed by atoms with E-state index in [-0.39, 0.29) is 45.8 Å². The zero-order valence-corrected chi connectivity index (χ0v) is 70.0. The number of rotatable bonds is 23. The number of aryl methyl sites for hydroxylation is 2. The van der Waals surface area contributed by atoms with Gasteiger partial charge in [0.1, 0.15) is 63.5 Å². The van der Waals surface area contributed by atoms with E-state index in [1.807, 2.05) is 0 Å². The first-order valence-corrected chi connectivity index (χ1v) is 46.4. The number of fused-ring (bicyclic) bond motifs is 2. The molecule has 3 aromatic heterocycles. The summed E-state index contributed by atoms with van der Waals surface area (Å²) in [4.78, 5) is 36.9. The second kappa shape index (κ2) is 33.3. The van der Waals surface area contributed by atoms with E-state index in [4.69, 9.17) is 40.5 Å². The molecule has 0 fully saturated rings. The van der Waals surface area contributed by atoms with Crippen LogP contribution in [0.4, 0.5) is 85.8 Å². The maximum Gasteiger partial charge on any atom is 0.296 e. The number of nitrogens with zero attached hydrogens (tertiary/aromatic N) is 15. The fourth-order valence-electron chi connectivity index (χ4n) is 11.1. The van der Waals surface area contributed by atoms with Gasteiger partial charge in [0.2, 0.25) is 50.2 Å². The first-order chi connectivity index (χ1) is 57.3. The van der Waals surface area contributed by atoms with Gasteiger partial charge in [0.25, 0.3) is 91.1 Å². The minimum Gasteiger partial charge on any atom is -0.505 e. The molecule has 63 heteroatoms. The van der Waals surface area contributed by atoms with E-state index in [1.165, 1.54) is 26.0 Å². The van der Waals surface area contributed by atoms with Crippen LogP contribution in [0.3, 0.4) is 0 Å². The van der Waals surface area contributed by atoms with Crippen molar-refractivity contribution in [1.82, 2.24) is 44.9 Å².